The predicted octanol–water partition coefficient (Wildman–Crippen LogP) is 1.79. The van der Waals surface area contributed by atoms with Crippen LogP contribution >= 0.6 is 0 Å². The van der Waals surface area contributed by atoms with E-state index in [0.717, 1.165) is 5.56 Å². The van der Waals surface area contributed by atoms with E-state index in [0.29, 0.717) is 31.5 Å². The SMILES string of the molecule is CC1CC(C#N)N(C(=O)C(CN2C[C@@H]3CC2C(=O)N3[C@@H](C)c2cccc(C(N)=O)c2)NC(=O)OC(C)(C)C)C1. The summed E-state index contributed by atoms with van der Waals surface area (Å²) >= 11 is 0. The Balaban J connectivity index is 1.50. The van der Waals surface area contributed by atoms with Gasteiger partial charge >= 0.3 is 6.09 Å². The quantitative estimate of drug-likeness (QED) is 0.537. The highest BCUT2D eigenvalue weighted by atomic mass is 16.6. The number of carbonyl (C=O) groups is 4. The molecule has 0 spiro atoms. The third kappa shape index (κ3) is 6.01. The number of carbonyl (C=O) groups excluding carboxylic acids is 4. The Morgan fingerprint density at radius 3 is 2.56 bits per heavy atom. The number of nitrogens with two attached hydrogens (primary N) is 1. The minimum Gasteiger partial charge on any atom is -0.444 e. The van der Waals surface area contributed by atoms with Gasteiger partial charge in [0.25, 0.3) is 0 Å². The number of nitrogens with one attached hydrogen (secondary N) is 1. The number of piperazine rings is 1. The first-order chi connectivity index (χ1) is 18.3. The molecule has 3 aliphatic heterocycles. The molecule has 4 rings (SSSR count). The lowest BCUT2D eigenvalue weighted by Gasteiger charge is -2.39. The van der Waals surface area contributed by atoms with Crippen LogP contribution in [0.25, 0.3) is 0 Å². The molecule has 0 saturated carbocycles. The number of primary amides is 1. The molecule has 3 heterocycles. The summed E-state index contributed by atoms with van der Waals surface area (Å²) in [6.07, 6.45) is 0.466. The van der Waals surface area contributed by atoms with Crippen LogP contribution in [0.1, 0.15) is 69.4 Å². The van der Waals surface area contributed by atoms with Crippen LogP contribution in [0.3, 0.4) is 0 Å². The summed E-state index contributed by atoms with van der Waals surface area (Å²) in [5.41, 5.74) is 5.90. The van der Waals surface area contributed by atoms with Crippen molar-refractivity contribution in [2.24, 2.45) is 11.7 Å². The monoisotopic (exact) mass is 538 g/mol. The van der Waals surface area contributed by atoms with Crippen LogP contribution in [0.5, 0.6) is 0 Å². The zero-order valence-corrected chi connectivity index (χ0v) is 23.2. The number of likely N-dealkylation sites (tertiary alicyclic amines) is 3. The molecule has 0 aliphatic carbocycles. The molecule has 2 bridgehead atoms. The van der Waals surface area contributed by atoms with E-state index < -0.39 is 35.7 Å². The lowest BCUT2D eigenvalue weighted by molar-refractivity contribution is -0.141. The molecule has 11 nitrogen and oxygen atoms in total. The topological polar surface area (TPSA) is 149 Å². The third-order valence-corrected chi connectivity index (χ3v) is 7.73. The van der Waals surface area contributed by atoms with E-state index in [1.54, 1.807) is 39.0 Å². The number of hydrogen-bond acceptors (Lipinski definition) is 7. The molecular formula is C28H38N6O5. The van der Waals surface area contributed by atoms with Gasteiger partial charge in [-0.25, -0.2) is 4.79 Å². The largest absolute Gasteiger partial charge is 0.444 e. The second-order valence-electron chi connectivity index (χ2n) is 11.9. The van der Waals surface area contributed by atoms with Crippen molar-refractivity contribution in [1.82, 2.24) is 20.0 Å². The average Bonchev–Trinajstić information content (AvgIpc) is 3.53. The van der Waals surface area contributed by atoms with Gasteiger partial charge in [-0.05, 0) is 64.2 Å². The van der Waals surface area contributed by atoms with Gasteiger partial charge in [0, 0.05) is 31.2 Å². The Morgan fingerprint density at radius 2 is 1.95 bits per heavy atom. The van der Waals surface area contributed by atoms with Gasteiger partial charge in [0.1, 0.15) is 17.7 Å². The number of hydrogen-bond donors (Lipinski definition) is 2. The number of amides is 4. The van der Waals surface area contributed by atoms with E-state index in [1.165, 1.54) is 4.90 Å². The smallest absolute Gasteiger partial charge is 0.408 e. The summed E-state index contributed by atoms with van der Waals surface area (Å²) in [6.45, 7) is 10.2. The van der Waals surface area contributed by atoms with Crippen molar-refractivity contribution >= 4 is 23.8 Å². The lowest BCUT2D eigenvalue weighted by Crippen LogP contribution is -2.59. The van der Waals surface area contributed by atoms with Crippen LogP contribution in [0.4, 0.5) is 4.79 Å². The summed E-state index contributed by atoms with van der Waals surface area (Å²) < 4.78 is 5.41. The third-order valence-electron chi connectivity index (χ3n) is 7.73. The van der Waals surface area contributed by atoms with Crippen LogP contribution in [0.2, 0.25) is 0 Å². The van der Waals surface area contributed by atoms with Gasteiger partial charge in [-0.15, -0.1) is 0 Å². The Bertz CT molecular complexity index is 1190. The fourth-order valence-corrected chi connectivity index (χ4v) is 5.99. The van der Waals surface area contributed by atoms with Gasteiger partial charge in [0.2, 0.25) is 17.7 Å². The molecule has 39 heavy (non-hydrogen) atoms. The van der Waals surface area contributed by atoms with Crippen molar-refractivity contribution in [2.75, 3.05) is 19.6 Å². The Kier molecular flexibility index (Phi) is 7.89. The number of rotatable bonds is 7. The normalized spacial score (nSPS) is 26.3. The van der Waals surface area contributed by atoms with Crippen molar-refractivity contribution in [1.29, 1.82) is 5.26 Å². The minimum absolute atomic E-state index is 0.0589. The molecule has 3 aliphatic rings. The highest BCUT2D eigenvalue weighted by Gasteiger charge is 2.52. The molecule has 1 aromatic carbocycles. The predicted molar refractivity (Wildman–Crippen MR) is 142 cm³/mol. The maximum Gasteiger partial charge on any atom is 0.408 e. The first-order valence-electron chi connectivity index (χ1n) is 13.4. The first-order valence-corrected chi connectivity index (χ1v) is 13.4. The van der Waals surface area contributed by atoms with Gasteiger partial charge in [0.15, 0.2) is 0 Å². The number of nitrogens with zero attached hydrogens (tertiary/aromatic N) is 4. The zero-order chi connectivity index (χ0) is 28.6. The fraction of sp³-hybridized carbons (Fsp3) is 0.607. The van der Waals surface area contributed by atoms with Gasteiger partial charge < -0.3 is 25.6 Å². The van der Waals surface area contributed by atoms with E-state index in [-0.39, 0.29) is 36.4 Å². The van der Waals surface area contributed by atoms with Crippen LogP contribution < -0.4 is 11.1 Å². The van der Waals surface area contributed by atoms with E-state index in [2.05, 4.69) is 11.4 Å². The summed E-state index contributed by atoms with van der Waals surface area (Å²) in [7, 11) is 0. The van der Waals surface area contributed by atoms with E-state index in [4.69, 9.17) is 10.5 Å². The standard InChI is InChI=1S/C28H38N6O5/c1-16-9-20(12-29)33(13-16)25(36)22(31-27(38)39-28(3,4)5)15-32-14-21-11-23(32)26(37)34(21)17(2)18-7-6-8-19(10-18)24(30)35/h6-8,10,16-17,20-23H,9,11,13-15H2,1-5H3,(H2,30,35)(H,31,38)/t16?,17-,20?,21-,22?,23?/m0/s1. The summed E-state index contributed by atoms with van der Waals surface area (Å²) in [5.74, 6) is -0.756. The Labute approximate surface area is 229 Å². The van der Waals surface area contributed by atoms with Crippen LogP contribution in [-0.2, 0) is 14.3 Å². The summed E-state index contributed by atoms with van der Waals surface area (Å²) in [6, 6.07) is 6.90. The number of fused-ring (bicyclic) bond motifs is 2. The molecule has 210 valence electrons. The van der Waals surface area contributed by atoms with Gasteiger partial charge in [0.05, 0.1) is 18.2 Å². The molecule has 0 aromatic heterocycles. The highest BCUT2D eigenvalue weighted by Crippen LogP contribution is 2.38. The molecule has 4 unspecified atom stereocenters. The van der Waals surface area contributed by atoms with Gasteiger partial charge in [-0.2, -0.15) is 5.26 Å². The average molecular weight is 539 g/mol. The maximum atomic E-state index is 13.6. The number of ether oxygens (including phenoxy) is 1. The molecule has 3 N–H and O–H groups in total. The molecule has 6 atom stereocenters. The summed E-state index contributed by atoms with van der Waals surface area (Å²) in [5, 5.41) is 12.3. The van der Waals surface area contributed by atoms with E-state index >= 15 is 0 Å². The van der Waals surface area contributed by atoms with Gasteiger partial charge in [-0.3, -0.25) is 19.3 Å². The Morgan fingerprint density at radius 1 is 1.23 bits per heavy atom. The first kappa shape index (κ1) is 28.4. The second-order valence-corrected chi connectivity index (χ2v) is 11.9. The maximum absolute atomic E-state index is 13.6. The van der Waals surface area contributed by atoms with Crippen molar-refractivity contribution < 1.29 is 23.9 Å². The lowest BCUT2D eigenvalue weighted by atomic mass is 10.0. The molecule has 0 radical (unpaired) electrons. The minimum atomic E-state index is -0.966. The molecule has 3 saturated heterocycles. The van der Waals surface area contributed by atoms with Crippen LogP contribution in [-0.4, -0.2) is 87.9 Å². The molecular weight excluding hydrogens is 500 g/mol. The van der Waals surface area contributed by atoms with Crippen LogP contribution in [0.15, 0.2) is 24.3 Å². The van der Waals surface area contributed by atoms with E-state index in [1.807, 2.05) is 29.7 Å². The number of alkyl carbamates (subject to hydrolysis) is 1. The number of benzene rings is 1. The van der Waals surface area contributed by atoms with Crippen molar-refractivity contribution in [3.63, 3.8) is 0 Å². The zero-order valence-electron chi connectivity index (χ0n) is 23.2. The molecule has 3 fully saturated rings. The molecule has 1 aromatic rings. The molecule has 4 amide bonds. The number of nitriles is 1. The fourth-order valence-electron chi connectivity index (χ4n) is 5.99. The highest BCUT2D eigenvalue weighted by molar-refractivity contribution is 5.93. The summed E-state index contributed by atoms with van der Waals surface area (Å²) in [4.78, 5) is 56.8. The molecule has 11 heteroatoms. The van der Waals surface area contributed by atoms with Gasteiger partial charge in [-0.1, -0.05) is 19.1 Å². The van der Waals surface area contributed by atoms with Crippen molar-refractivity contribution in [2.45, 2.75) is 83.3 Å². The van der Waals surface area contributed by atoms with Crippen molar-refractivity contribution in [3.8, 4) is 6.07 Å². The van der Waals surface area contributed by atoms with Crippen molar-refractivity contribution in [3.05, 3.63) is 35.4 Å². The second kappa shape index (κ2) is 10.8. The Hall–Kier alpha value is -3.65. The van der Waals surface area contributed by atoms with E-state index in [9.17, 15) is 24.4 Å². The van der Waals surface area contributed by atoms with Crippen LogP contribution in [0, 0.1) is 17.2 Å².